The Morgan fingerprint density at radius 3 is 2.85 bits per heavy atom. The van der Waals surface area contributed by atoms with Crippen LogP contribution in [0.15, 0.2) is 22.7 Å². The van der Waals surface area contributed by atoms with Gasteiger partial charge in [-0.3, -0.25) is 4.79 Å². The van der Waals surface area contributed by atoms with Gasteiger partial charge in [-0.25, -0.2) is 0 Å². The van der Waals surface area contributed by atoms with Crippen LogP contribution in [0.2, 0.25) is 0 Å². The SMILES string of the molecule is COc1ccc(Br)cc1CCNC(=O)C1(C#N)CCC1. The number of benzene rings is 1. The van der Waals surface area contributed by atoms with Gasteiger partial charge in [-0.2, -0.15) is 5.26 Å². The first-order chi connectivity index (χ1) is 9.61. The van der Waals surface area contributed by atoms with Gasteiger partial charge in [-0.05, 0) is 49.4 Å². The summed E-state index contributed by atoms with van der Waals surface area (Å²) < 4.78 is 6.27. The predicted molar refractivity (Wildman–Crippen MR) is 79.3 cm³/mol. The molecule has 1 saturated carbocycles. The molecule has 0 aliphatic heterocycles. The fourth-order valence-corrected chi connectivity index (χ4v) is 2.75. The van der Waals surface area contributed by atoms with Crippen LogP contribution in [0.5, 0.6) is 5.75 Å². The Morgan fingerprint density at radius 1 is 1.55 bits per heavy atom. The van der Waals surface area contributed by atoms with E-state index in [1.54, 1.807) is 7.11 Å². The predicted octanol–water partition coefficient (Wildman–Crippen LogP) is 2.81. The van der Waals surface area contributed by atoms with E-state index in [4.69, 9.17) is 10.00 Å². The first-order valence-corrected chi connectivity index (χ1v) is 7.42. The van der Waals surface area contributed by atoms with Crippen molar-refractivity contribution in [3.63, 3.8) is 0 Å². The molecule has 1 aromatic rings. The molecule has 0 radical (unpaired) electrons. The highest BCUT2D eigenvalue weighted by Gasteiger charge is 2.44. The minimum absolute atomic E-state index is 0.139. The minimum atomic E-state index is -0.776. The number of methoxy groups -OCH3 is 1. The fourth-order valence-electron chi connectivity index (χ4n) is 2.34. The van der Waals surface area contributed by atoms with E-state index in [9.17, 15) is 4.79 Å². The highest BCUT2D eigenvalue weighted by atomic mass is 79.9. The summed E-state index contributed by atoms with van der Waals surface area (Å²) in [5.41, 5.74) is 0.253. The molecule has 1 aliphatic rings. The van der Waals surface area contributed by atoms with Crippen LogP contribution in [0.1, 0.15) is 24.8 Å². The van der Waals surface area contributed by atoms with Crippen molar-refractivity contribution in [3.05, 3.63) is 28.2 Å². The van der Waals surface area contributed by atoms with E-state index in [-0.39, 0.29) is 5.91 Å². The molecule has 0 unspecified atom stereocenters. The van der Waals surface area contributed by atoms with Crippen molar-refractivity contribution >= 4 is 21.8 Å². The summed E-state index contributed by atoms with van der Waals surface area (Å²) in [4.78, 5) is 12.0. The zero-order chi connectivity index (χ0) is 14.6. The second kappa shape index (κ2) is 6.27. The summed E-state index contributed by atoms with van der Waals surface area (Å²) in [5.74, 6) is 0.668. The molecule has 5 heteroatoms. The van der Waals surface area contributed by atoms with E-state index in [1.165, 1.54) is 0 Å². The van der Waals surface area contributed by atoms with E-state index in [1.807, 2.05) is 18.2 Å². The molecule has 0 heterocycles. The normalized spacial score (nSPS) is 15.8. The fraction of sp³-hybridized carbons (Fsp3) is 0.467. The van der Waals surface area contributed by atoms with Crippen LogP contribution in [-0.2, 0) is 11.2 Å². The van der Waals surface area contributed by atoms with Crippen LogP contribution in [0, 0.1) is 16.7 Å². The molecule has 106 valence electrons. The number of nitriles is 1. The van der Waals surface area contributed by atoms with Gasteiger partial charge in [-0.15, -0.1) is 0 Å². The molecule has 0 saturated heterocycles. The van der Waals surface area contributed by atoms with Gasteiger partial charge in [0.25, 0.3) is 0 Å². The first-order valence-electron chi connectivity index (χ1n) is 6.63. The monoisotopic (exact) mass is 336 g/mol. The van der Waals surface area contributed by atoms with Crippen molar-refractivity contribution in [2.24, 2.45) is 5.41 Å². The Kier molecular flexibility index (Phi) is 4.66. The average Bonchev–Trinajstić information content (AvgIpc) is 2.38. The lowest BCUT2D eigenvalue weighted by Gasteiger charge is -2.33. The lowest BCUT2D eigenvalue weighted by atomic mass is 9.69. The standard InChI is InChI=1S/C15H17BrN2O2/c1-20-13-4-3-12(16)9-11(13)5-8-18-14(19)15(10-17)6-2-7-15/h3-4,9H,2,5-8H2,1H3,(H,18,19). The number of carbonyl (C=O) groups excluding carboxylic acids is 1. The number of carbonyl (C=O) groups is 1. The lowest BCUT2D eigenvalue weighted by Crippen LogP contribution is -2.45. The molecule has 0 atom stereocenters. The van der Waals surface area contributed by atoms with Crippen molar-refractivity contribution in [1.82, 2.24) is 5.32 Å². The molecule has 1 aromatic carbocycles. The van der Waals surface area contributed by atoms with Gasteiger partial charge in [0, 0.05) is 11.0 Å². The number of nitrogens with one attached hydrogen (secondary N) is 1. The molecular formula is C15H17BrN2O2. The summed E-state index contributed by atoms with van der Waals surface area (Å²) in [5, 5.41) is 12.0. The van der Waals surface area contributed by atoms with Gasteiger partial charge in [0.05, 0.1) is 13.2 Å². The van der Waals surface area contributed by atoms with E-state index in [0.717, 1.165) is 22.2 Å². The highest BCUT2D eigenvalue weighted by molar-refractivity contribution is 9.10. The van der Waals surface area contributed by atoms with Gasteiger partial charge >= 0.3 is 0 Å². The first kappa shape index (κ1) is 14.9. The minimum Gasteiger partial charge on any atom is -0.496 e. The molecule has 1 aliphatic carbocycles. The highest BCUT2D eigenvalue weighted by Crippen LogP contribution is 2.40. The smallest absolute Gasteiger partial charge is 0.240 e. The van der Waals surface area contributed by atoms with Gasteiger partial charge < -0.3 is 10.1 Å². The Balaban J connectivity index is 1.92. The molecule has 0 bridgehead atoms. The molecule has 4 nitrogen and oxygen atoms in total. The molecule has 0 aromatic heterocycles. The largest absolute Gasteiger partial charge is 0.496 e. The van der Waals surface area contributed by atoms with Crippen molar-refractivity contribution < 1.29 is 9.53 Å². The van der Waals surface area contributed by atoms with Gasteiger partial charge in [-0.1, -0.05) is 15.9 Å². The van der Waals surface area contributed by atoms with Gasteiger partial charge in [0.15, 0.2) is 0 Å². The number of amides is 1. The van der Waals surface area contributed by atoms with Crippen LogP contribution in [0.25, 0.3) is 0 Å². The third-order valence-electron chi connectivity index (χ3n) is 3.78. The molecular weight excluding hydrogens is 320 g/mol. The number of nitrogens with zero attached hydrogens (tertiary/aromatic N) is 1. The van der Waals surface area contributed by atoms with Gasteiger partial charge in [0.2, 0.25) is 5.91 Å². The van der Waals surface area contributed by atoms with Crippen molar-refractivity contribution in [2.75, 3.05) is 13.7 Å². The van der Waals surface area contributed by atoms with E-state index in [0.29, 0.717) is 25.8 Å². The van der Waals surface area contributed by atoms with Gasteiger partial charge in [0.1, 0.15) is 11.2 Å². The van der Waals surface area contributed by atoms with Crippen LogP contribution >= 0.6 is 15.9 Å². The van der Waals surface area contributed by atoms with E-state index >= 15 is 0 Å². The Labute approximate surface area is 127 Å². The third kappa shape index (κ3) is 2.96. The third-order valence-corrected chi connectivity index (χ3v) is 4.27. The maximum Gasteiger partial charge on any atom is 0.240 e. The Hall–Kier alpha value is -1.54. The van der Waals surface area contributed by atoms with Crippen LogP contribution in [0.4, 0.5) is 0 Å². The lowest BCUT2D eigenvalue weighted by molar-refractivity contribution is -0.131. The molecule has 1 amide bonds. The molecule has 20 heavy (non-hydrogen) atoms. The summed E-state index contributed by atoms with van der Waals surface area (Å²) in [6.45, 7) is 0.509. The summed E-state index contributed by atoms with van der Waals surface area (Å²) in [6.07, 6.45) is 2.99. The van der Waals surface area contributed by atoms with E-state index in [2.05, 4.69) is 27.3 Å². The second-order valence-corrected chi connectivity index (χ2v) is 5.93. The second-order valence-electron chi connectivity index (χ2n) is 5.01. The number of hydrogen-bond donors (Lipinski definition) is 1. The quantitative estimate of drug-likeness (QED) is 0.899. The zero-order valence-corrected chi connectivity index (χ0v) is 13.0. The average molecular weight is 337 g/mol. The molecule has 0 spiro atoms. The molecule has 2 rings (SSSR count). The summed E-state index contributed by atoms with van der Waals surface area (Å²) in [6, 6.07) is 7.94. The molecule has 1 fully saturated rings. The Morgan fingerprint density at radius 2 is 2.30 bits per heavy atom. The van der Waals surface area contributed by atoms with Crippen molar-refractivity contribution in [3.8, 4) is 11.8 Å². The summed E-state index contributed by atoms with van der Waals surface area (Å²) in [7, 11) is 1.63. The van der Waals surface area contributed by atoms with Crippen LogP contribution in [0.3, 0.4) is 0 Å². The number of ether oxygens (including phenoxy) is 1. The van der Waals surface area contributed by atoms with Crippen LogP contribution in [-0.4, -0.2) is 19.6 Å². The number of hydrogen-bond acceptors (Lipinski definition) is 3. The maximum absolute atomic E-state index is 12.0. The number of halogens is 1. The van der Waals surface area contributed by atoms with E-state index < -0.39 is 5.41 Å². The summed E-state index contributed by atoms with van der Waals surface area (Å²) >= 11 is 3.42. The zero-order valence-electron chi connectivity index (χ0n) is 11.4. The van der Waals surface area contributed by atoms with Crippen LogP contribution < -0.4 is 10.1 Å². The maximum atomic E-state index is 12.0. The van der Waals surface area contributed by atoms with Crippen molar-refractivity contribution in [2.45, 2.75) is 25.7 Å². The Bertz CT molecular complexity index is 547. The van der Waals surface area contributed by atoms with Crippen molar-refractivity contribution in [1.29, 1.82) is 5.26 Å². The number of rotatable bonds is 5. The topological polar surface area (TPSA) is 62.1 Å². The molecule has 1 N–H and O–H groups in total.